The van der Waals surface area contributed by atoms with E-state index in [2.05, 4.69) is 20.6 Å². The highest BCUT2D eigenvalue weighted by molar-refractivity contribution is 6.03. The van der Waals surface area contributed by atoms with E-state index in [9.17, 15) is 9.59 Å². The first-order valence-electron chi connectivity index (χ1n) is 9.11. The summed E-state index contributed by atoms with van der Waals surface area (Å²) < 4.78 is 0. The lowest BCUT2D eigenvalue weighted by Crippen LogP contribution is -2.30. The van der Waals surface area contributed by atoms with Gasteiger partial charge in [-0.1, -0.05) is 42.5 Å². The number of carbonyl (C=O) groups excluding carboxylic acids is 2. The average molecular weight is 374 g/mol. The van der Waals surface area contributed by atoms with Crippen molar-refractivity contribution in [3.05, 3.63) is 78.2 Å². The molecule has 2 amide bonds. The highest BCUT2D eigenvalue weighted by atomic mass is 16.2. The molecule has 0 aliphatic carbocycles. The third-order valence-electron chi connectivity index (χ3n) is 4.07. The number of anilines is 1. The Morgan fingerprint density at radius 2 is 1.79 bits per heavy atom. The van der Waals surface area contributed by atoms with Crippen molar-refractivity contribution < 1.29 is 9.59 Å². The first-order chi connectivity index (χ1) is 13.6. The molecular formula is C22H22N4O2. The van der Waals surface area contributed by atoms with Crippen LogP contribution >= 0.6 is 0 Å². The Morgan fingerprint density at radius 3 is 2.57 bits per heavy atom. The van der Waals surface area contributed by atoms with Gasteiger partial charge in [0.05, 0.1) is 5.69 Å². The number of benzene rings is 2. The molecule has 0 fully saturated rings. The van der Waals surface area contributed by atoms with Gasteiger partial charge in [-0.3, -0.25) is 9.59 Å². The minimum atomic E-state index is -0.342. The van der Waals surface area contributed by atoms with Crippen LogP contribution in [0.2, 0.25) is 0 Å². The van der Waals surface area contributed by atoms with Crippen molar-refractivity contribution in [3.63, 3.8) is 0 Å². The zero-order valence-corrected chi connectivity index (χ0v) is 15.7. The summed E-state index contributed by atoms with van der Waals surface area (Å²) in [7, 11) is 0. The van der Waals surface area contributed by atoms with Crippen LogP contribution in [0.1, 0.15) is 17.8 Å². The smallest absolute Gasteiger partial charge is 0.233 e. The molecule has 0 unspecified atom stereocenters. The number of rotatable bonds is 7. The van der Waals surface area contributed by atoms with Crippen LogP contribution in [-0.2, 0) is 16.0 Å². The number of nitrogens with zero attached hydrogens (tertiary/aromatic N) is 2. The monoisotopic (exact) mass is 374 g/mol. The van der Waals surface area contributed by atoms with E-state index >= 15 is 0 Å². The first kappa shape index (κ1) is 19.2. The molecule has 0 bridgehead atoms. The summed E-state index contributed by atoms with van der Waals surface area (Å²) in [5.74, 6) is -0.0272. The van der Waals surface area contributed by atoms with Crippen molar-refractivity contribution in [3.8, 4) is 11.3 Å². The normalized spacial score (nSPS) is 10.3. The predicted molar refractivity (Wildman–Crippen MR) is 109 cm³/mol. The van der Waals surface area contributed by atoms with E-state index in [4.69, 9.17) is 0 Å². The molecule has 142 valence electrons. The molecule has 1 heterocycles. The van der Waals surface area contributed by atoms with Gasteiger partial charge < -0.3 is 10.6 Å². The fourth-order valence-corrected chi connectivity index (χ4v) is 2.74. The largest absolute Gasteiger partial charge is 0.355 e. The van der Waals surface area contributed by atoms with Crippen LogP contribution in [0.4, 0.5) is 5.69 Å². The van der Waals surface area contributed by atoms with Gasteiger partial charge in [0.2, 0.25) is 11.8 Å². The van der Waals surface area contributed by atoms with Crippen molar-refractivity contribution in [1.82, 2.24) is 15.3 Å². The molecular weight excluding hydrogens is 352 g/mol. The number of amides is 2. The third kappa shape index (κ3) is 5.74. The van der Waals surface area contributed by atoms with Gasteiger partial charge >= 0.3 is 0 Å². The lowest BCUT2D eigenvalue weighted by Gasteiger charge is -2.07. The minimum absolute atomic E-state index is 0.223. The van der Waals surface area contributed by atoms with Crippen molar-refractivity contribution in [2.75, 3.05) is 11.9 Å². The highest BCUT2D eigenvalue weighted by Crippen LogP contribution is 2.15. The lowest BCUT2D eigenvalue weighted by molar-refractivity contribution is -0.126. The van der Waals surface area contributed by atoms with E-state index in [1.807, 2.05) is 61.5 Å². The fourth-order valence-electron chi connectivity index (χ4n) is 2.74. The van der Waals surface area contributed by atoms with Gasteiger partial charge in [-0.25, -0.2) is 9.97 Å². The Bertz CT molecular complexity index is 958. The topological polar surface area (TPSA) is 84.0 Å². The van der Waals surface area contributed by atoms with Gasteiger partial charge in [0.15, 0.2) is 0 Å². The Balaban J connectivity index is 1.46. The summed E-state index contributed by atoms with van der Waals surface area (Å²) in [4.78, 5) is 32.7. The summed E-state index contributed by atoms with van der Waals surface area (Å²) in [6.45, 7) is 2.31. The molecule has 2 aromatic carbocycles. The molecule has 0 aliphatic rings. The second-order valence-corrected chi connectivity index (χ2v) is 6.42. The molecule has 1 aromatic heterocycles. The number of carbonyl (C=O) groups is 2. The second-order valence-electron chi connectivity index (χ2n) is 6.42. The molecule has 2 N–H and O–H groups in total. The SMILES string of the molecule is Cc1cccc(NC(=O)CC(=O)NCCc2nccc(-c3ccccc3)n2)c1. The van der Waals surface area contributed by atoms with E-state index in [1.165, 1.54) is 0 Å². The molecule has 0 spiro atoms. The molecule has 3 rings (SSSR count). The zero-order chi connectivity index (χ0) is 19.8. The fraction of sp³-hybridized carbons (Fsp3) is 0.182. The molecule has 0 aliphatic heterocycles. The Labute approximate surface area is 164 Å². The predicted octanol–water partition coefficient (Wildman–Crippen LogP) is 3.14. The van der Waals surface area contributed by atoms with Gasteiger partial charge in [0, 0.05) is 30.4 Å². The summed E-state index contributed by atoms with van der Waals surface area (Å²) in [5, 5.41) is 5.46. The van der Waals surface area contributed by atoms with Crippen LogP contribution in [0.3, 0.4) is 0 Å². The Hall–Kier alpha value is -3.54. The lowest BCUT2D eigenvalue weighted by atomic mass is 10.1. The van der Waals surface area contributed by atoms with Gasteiger partial charge in [0.25, 0.3) is 0 Å². The molecule has 28 heavy (non-hydrogen) atoms. The minimum Gasteiger partial charge on any atom is -0.355 e. The third-order valence-corrected chi connectivity index (χ3v) is 4.07. The average Bonchev–Trinajstić information content (AvgIpc) is 2.69. The van der Waals surface area contributed by atoms with E-state index in [-0.39, 0.29) is 18.2 Å². The zero-order valence-electron chi connectivity index (χ0n) is 15.7. The van der Waals surface area contributed by atoms with Gasteiger partial charge in [-0.05, 0) is 30.7 Å². The molecule has 3 aromatic rings. The molecule has 0 atom stereocenters. The second kappa shape index (κ2) is 9.41. The maximum atomic E-state index is 12.0. The van der Waals surface area contributed by atoms with Gasteiger partial charge in [-0.2, -0.15) is 0 Å². The summed E-state index contributed by atoms with van der Waals surface area (Å²) >= 11 is 0. The van der Waals surface area contributed by atoms with E-state index in [1.54, 1.807) is 12.3 Å². The number of aryl methyl sites for hydroxylation is 1. The Kier molecular flexibility index (Phi) is 6.46. The van der Waals surface area contributed by atoms with Crippen molar-refractivity contribution in [2.24, 2.45) is 0 Å². The van der Waals surface area contributed by atoms with E-state index < -0.39 is 0 Å². The van der Waals surface area contributed by atoms with Crippen LogP contribution < -0.4 is 10.6 Å². The van der Waals surface area contributed by atoms with E-state index in [0.29, 0.717) is 24.5 Å². The number of nitrogens with one attached hydrogen (secondary N) is 2. The summed E-state index contributed by atoms with van der Waals surface area (Å²) in [5.41, 5.74) is 3.58. The number of aromatic nitrogens is 2. The summed E-state index contributed by atoms with van der Waals surface area (Å²) in [6, 6.07) is 19.1. The maximum Gasteiger partial charge on any atom is 0.233 e. The van der Waals surface area contributed by atoms with Crippen molar-refractivity contribution in [2.45, 2.75) is 19.8 Å². The molecule has 0 saturated heterocycles. The quantitative estimate of drug-likeness (QED) is 0.622. The summed E-state index contributed by atoms with van der Waals surface area (Å²) in [6.07, 6.45) is 1.98. The van der Waals surface area contributed by atoms with Gasteiger partial charge in [-0.15, -0.1) is 0 Å². The molecule has 0 radical (unpaired) electrons. The number of hydrogen-bond acceptors (Lipinski definition) is 4. The van der Waals surface area contributed by atoms with Crippen LogP contribution in [0.15, 0.2) is 66.9 Å². The van der Waals surface area contributed by atoms with E-state index in [0.717, 1.165) is 16.8 Å². The van der Waals surface area contributed by atoms with Crippen molar-refractivity contribution in [1.29, 1.82) is 0 Å². The van der Waals surface area contributed by atoms with Crippen LogP contribution in [0, 0.1) is 6.92 Å². The Morgan fingerprint density at radius 1 is 0.964 bits per heavy atom. The molecule has 6 heteroatoms. The van der Waals surface area contributed by atoms with Crippen molar-refractivity contribution >= 4 is 17.5 Å². The highest BCUT2D eigenvalue weighted by Gasteiger charge is 2.10. The first-order valence-corrected chi connectivity index (χ1v) is 9.11. The molecule has 0 saturated carbocycles. The molecule has 6 nitrogen and oxygen atoms in total. The van der Waals surface area contributed by atoms with Gasteiger partial charge in [0.1, 0.15) is 12.2 Å². The maximum absolute atomic E-state index is 12.0. The van der Waals surface area contributed by atoms with Crippen LogP contribution in [-0.4, -0.2) is 28.3 Å². The number of hydrogen-bond donors (Lipinski definition) is 2. The standard InChI is InChI=1S/C22H22N4O2/c1-16-6-5-9-18(14-16)25-22(28)15-21(27)24-13-11-20-23-12-10-19(26-20)17-7-3-2-4-8-17/h2-10,12,14H,11,13,15H2,1H3,(H,24,27)(H,25,28). The van der Waals surface area contributed by atoms with Crippen LogP contribution in [0.5, 0.6) is 0 Å². The van der Waals surface area contributed by atoms with Crippen LogP contribution in [0.25, 0.3) is 11.3 Å².